The molecule has 0 radical (unpaired) electrons. The molecule has 0 spiro atoms. The zero-order valence-electron chi connectivity index (χ0n) is 16.0. The van der Waals surface area contributed by atoms with Crippen molar-refractivity contribution in [2.75, 3.05) is 0 Å². The Morgan fingerprint density at radius 1 is 1.18 bits per heavy atom. The summed E-state index contributed by atoms with van der Waals surface area (Å²) in [5.41, 5.74) is 0. The molecule has 1 fully saturated rings. The average Bonchev–Trinajstić information content (AvgIpc) is 2.50. The van der Waals surface area contributed by atoms with E-state index in [-0.39, 0.29) is 5.78 Å². The van der Waals surface area contributed by atoms with Gasteiger partial charge in [0.15, 0.2) is 0 Å². The van der Waals surface area contributed by atoms with E-state index in [1.807, 2.05) is 13.8 Å². The molecule has 1 saturated carbocycles. The predicted octanol–water partition coefficient (Wildman–Crippen LogP) is 6.98. The van der Waals surface area contributed by atoms with Gasteiger partial charge < -0.3 is 4.79 Å². The van der Waals surface area contributed by atoms with Gasteiger partial charge in [-0.3, -0.25) is 0 Å². The van der Waals surface area contributed by atoms with Crippen LogP contribution < -0.4 is 0 Å². The van der Waals surface area contributed by atoms with Gasteiger partial charge in [-0.25, -0.2) is 0 Å². The molecule has 130 valence electrons. The Morgan fingerprint density at radius 3 is 2.09 bits per heavy atom. The third kappa shape index (κ3) is 14.1. The van der Waals surface area contributed by atoms with Gasteiger partial charge >= 0.3 is 0 Å². The van der Waals surface area contributed by atoms with Crippen molar-refractivity contribution in [3.05, 3.63) is 24.8 Å². The first-order chi connectivity index (χ1) is 10.5. The van der Waals surface area contributed by atoms with Crippen molar-refractivity contribution in [1.29, 1.82) is 0 Å². The molecule has 0 aliphatic heterocycles. The number of hydrogen-bond acceptors (Lipinski definition) is 1. The second kappa shape index (κ2) is 16.5. The van der Waals surface area contributed by atoms with Gasteiger partial charge in [0, 0.05) is 0 Å². The molecule has 0 bridgehead atoms. The van der Waals surface area contributed by atoms with Crippen LogP contribution in [0.5, 0.6) is 0 Å². The Kier molecular flexibility index (Phi) is 17.6. The second-order valence-electron chi connectivity index (χ2n) is 6.29. The molecular formula is C21H40O. The van der Waals surface area contributed by atoms with Gasteiger partial charge in [0.05, 0.1) is 0 Å². The summed E-state index contributed by atoms with van der Waals surface area (Å²) in [6.45, 7) is 15.5. The first-order valence-corrected chi connectivity index (χ1v) is 9.25. The van der Waals surface area contributed by atoms with Crippen LogP contribution in [0.2, 0.25) is 0 Å². The number of ketones is 1. The molecule has 1 aliphatic carbocycles. The lowest BCUT2D eigenvalue weighted by atomic mass is 9.75. The summed E-state index contributed by atoms with van der Waals surface area (Å²) in [5.74, 6) is 2.89. The van der Waals surface area contributed by atoms with E-state index in [0.29, 0.717) is 0 Å². The molecule has 0 aromatic carbocycles. The van der Waals surface area contributed by atoms with E-state index >= 15 is 0 Å². The highest BCUT2D eigenvalue weighted by atomic mass is 16.1. The number of carbonyl (C=O) groups excluding carboxylic acids is 1. The number of allylic oxidation sites excluding steroid dienone is 3. The van der Waals surface area contributed by atoms with Gasteiger partial charge in [-0.15, -0.1) is 6.58 Å². The standard InChI is InChI=1S/C16H28.C3H6O.C2H6/c1-4-6-8-15(9-7-5-2)16-12-10-14(3)11-13-16;1-3(2)4;1-2/h4,7,9,14-16H,1,5-6,8,10-13H2,2-3H3;1-2H3;1-2H3/b9-7-;;. The van der Waals surface area contributed by atoms with E-state index in [4.69, 9.17) is 0 Å². The quantitative estimate of drug-likeness (QED) is 0.483. The maximum Gasteiger partial charge on any atom is 0.126 e. The van der Waals surface area contributed by atoms with Crippen LogP contribution in [0.25, 0.3) is 0 Å². The molecule has 0 aromatic rings. The highest BCUT2D eigenvalue weighted by molar-refractivity contribution is 5.72. The molecular weight excluding hydrogens is 268 g/mol. The number of hydrogen-bond donors (Lipinski definition) is 0. The predicted molar refractivity (Wildman–Crippen MR) is 101 cm³/mol. The van der Waals surface area contributed by atoms with Crippen molar-refractivity contribution in [3.8, 4) is 0 Å². The van der Waals surface area contributed by atoms with Crippen LogP contribution in [0.1, 0.15) is 86.5 Å². The summed E-state index contributed by atoms with van der Waals surface area (Å²) in [5, 5.41) is 0. The molecule has 0 N–H and O–H groups in total. The van der Waals surface area contributed by atoms with Crippen molar-refractivity contribution in [3.63, 3.8) is 0 Å². The van der Waals surface area contributed by atoms with Crippen molar-refractivity contribution >= 4 is 5.78 Å². The lowest BCUT2D eigenvalue weighted by molar-refractivity contribution is -0.114. The Morgan fingerprint density at radius 2 is 1.68 bits per heavy atom. The van der Waals surface area contributed by atoms with Gasteiger partial charge in [-0.2, -0.15) is 0 Å². The van der Waals surface area contributed by atoms with E-state index in [1.165, 1.54) is 58.8 Å². The molecule has 1 unspecified atom stereocenters. The van der Waals surface area contributed by atoms with E-state index < -0.39 is 0 Å². The third-order valence-corrected chi connectivity index (χ3v) is 3.99. The molecule has 1 rings (SSSR count). The summed E-state index contributed by atoms with van der Waals surface area (Å²) in [4.78, 5) is 9.44. The largest absolute Gasteiger partial charge is 0.300 e. The zero-order valence-corrected chi connectivity index (χ0v) is 16.0. The molecule has 1 atom stereocenters. The van der Waals surface area contributed by atoms with Crippen LogP contribution in [0.4, 0.5) is 0 Å². The van der Waals surface area contributed by atoms with E-state index in [1.54, 1.807) is 0 Å². The van der Waals surface area contributed by atoms with Gasteiger partial charge in [-0.05, 0) is 63.7 Å². The fourth-order valence-electron chi connectivity index (χ4n) is 2.82. The Balaban J connectivity index is 0. The maximum absolute atomic E-state index is 9.44. The number of Topliss-reactive ketones (excluding diaryl/α,β-unsaturated/α-hetero) is 1. The minimum atomic E-state index is 0.167. The fraction of sp³-hybridized carbons (Fsp3) is 0.762. The topological polar surface area (TPSA) is 17.1 Å². The van der Waals surface area contributed by atoms with Crippen molar-refractivity contribution < 1.29 is 4.79 Å². The van der Waals surface area contributed by atoms with Crippen molar-refractivity contribution in [2.24, 2.45) is 17.8 Å². The summed E-state index contributed by atoms with van der Waals surface area (Å²) >= 11 is 0. The fourth-order valence-corrected chi connectivity index (χ4v) is 2.82. The average molecular weight is 309 g/mol. The molecule has 22 heavy (non-hydrogen) atoms. The molecule has 0 aromatic heterocycles. The normalized spacial score (nSPS) is 21.9. The molecule has 0 saturated heterocycles. The summed E-state index contributed by atoms with van der Waals surface area (Å²) in [6, 6.07) is 0. The Labute approximate surface area is 140 Å². The smallest absolute Gasteiger partial charge is 0.126 e. The number of rotatable bonds is 6. The van der Waals surface area contributed by atoms with Gasteiger partial charge in [0.1, 0.15) is 5.78 Å². The minimum Gasteiger partial charge on any atom is -0.300 e. The monoisotopic (exact) mass is 308 g/mol. The zero-order chi connectivity index (χ0) is 17.4. The summed E-state index contributed by atoms with van der Waals surface area (Å²) in [7, 11) is 0. The molecule has 0 heterocycles. The minimum absolute atomic E-state index is 0.167. The van der Waals surface area contributed by atoms with Gasteiger partial charge in [-0.1, -0.05) is 58.8 Å². The Hall–Kier alpha value is -0.850. The van der Waals surface area contributed by atoms with Crippen LogP contribution in [0.15, 0.2) is 24.8 Å². The van der Waals surface area contributed by atoms with E-state index in [0.717, 1.165) is 17.8 Å². The lowest BCUT2D eigenvalue weighted by Crippen LogP contribution is -2.19. The highest BCUT2D eigenvalue weighted by Gasteiger charge is 2.23. The number of carbonyl (C=O) groups is 1. The molecule has 1 nitrogen and oxygen atoms in total. The van der Waals surface area contributed by atoms with Gasteiger partial charge in [0.2, 0.25) is 0 Å². The van der Waals surface area contributed by atoms with Crippen LogP contribution in [-0.2, 0) is 4.79 Å². The van der Waals surface area contributed by atoms with Crippen molar-refractivity contribution in [1.82, 2.24) is 0 Å². The van der Waals surface area contributed by atoms with Gasteiger partial charge in [0.25, 0.3) is 0 Å². The van der Waals surface area contributed by atoms with Crippen LogP contribution in [0, 0.1) is 17.8 Å². The molecule has 1 heteroatoms. The maximum atomic E-state index is 9.44. The van der Waals surface area contributed by atoms with E-state index in [9.17, 15) is 4.79 Å². The van der Waals surface area contributed by atoms with Crippen LogP contribution in [-0.4, -0.2) is 5.78 Å². The second-order valence-corrected chi connectivity index (χ2v) is 6.29. The summed E-state index contributed by atoms with van der Waals surface area (Å²) < 4.78 is 0. The van der Waals surface area contributed by atoms with Crippen LogP contribution in [0.3, 0.4) is 0 Å². The van der Waals surface area contributed by atoms with Crippen molar-refractivity contribution in [2.45, 2.75) is 86.5 Å². The van der Waals surface area contributed by atoms with Crippen LogP contribution >= 0.6 is 0 Å². The SMILES string of the molecule is C=CCCC(/C=C\CC)C1CCC(C)CC1.CC.CC(C)=O. The first-order valence-electron chi connectivity index (χ1n) is 9.25. The molecule has 0 amide bonds. The lowest BCUT2D eigenvalue weighted by Gasteiger charge is -2.31. The highest BCUT2D eigenvalue weighted by Crippen LogP contribution is 2.35. The summed E-state index contributed by atoms with van der Waals surface area (Å²) in [6.07, 6.45) is 16.3. The van der Waals surface area contributed by atoms with E-state index in [2.05, 4.69) is 38.7 Å². The third-order valence-electron chi connectivity index (χ3n) is 3.99. The molecule has 1 aliphatic rings. The first kappa shape index (κ1) is 23.4. The Bertz CT molecular complexity index is 278.